The summed E-state index contributed by atoms with van der Waals surface area (Å²) in [4.78, 5) is 12.6. The molecule has 94 valence electrons. The van der Waals surface area contributed by atoms with Gasteiger partial charge in [0.25, 0.3) is 0 Å². The summed E-state index contributed by atoms with van der Waals surface area (Å²) in [6.45, 7) is 0.428. The predicted octanol–water partition coefficient (Wildman–Crippen LogP) is 1.30. The Kier molecular flexibility index (Phi) is 3.57. The Hall–Kier alpha value is -1.23. The number of aryl methyl sites for hydroxylation is 1. The van der Waals surface area contributed by atoms with E-state index >= 15 is 0 Å². The van der Waals surface area contributed by atoms with E-state index in [2.05, 4.69) is 10.3 Å². The third kappa shape index (κ3) is 2.24. The molecule has 0 spiro atoms. The first-order chi connectivity index (χ1) is 8.19. The van der Waals surface area contributed by atoms with Crippen molar-refractivity contribution in [1.29, 1.82) is 0 Å². The molecule has 5 nitrogen and oxygen atoms in total. The second kappa shape index (κ2) is 4.96. The van der Waals surface area contributed by atoms with Gasteiger partial charge in [0, 0.05) is 19.0 Å². The molecule has 0 amide bonds. The highest BCUT2D eigenvalue weighted by atomic mass is 16.1. The van der Waals surface area contributed by atoms with Crippen LogP contribution < -0.4 is 5.73 Å². The van der Waals surface area contributed by atoms with Crippen LogP contribution in [0.4, 0.5) is 0 Å². The highest BCUT2D eigenvalue weighted by molar-refractivity contribution is 5.99. The number of nitrogens with zero attached hydrogens (tertiary/aromatic N) is 3. The van der Waals surface area contributed by atoms with Crippen molar-refractivity contribution in [2.24, 2.45) is 18.2 Å². The summed E-state index contributed by atoms with van der Waals surface area (Å²) in [6, 6.07) is 0. The highest BCUT2D eigenvalue weighted by Crippen LogP contribution is 2.36. The molecule has 0 radical (unpaired) electrons. The third-order valence-corrected chi connectivity index (χ3v) is 3.88. The van der Waals surface area contributed by atoms with Crippen LogP contribution in [0, 0.1) is 5.41 Å². The Morgan fingerprint density at radius 3 is 2.53 bits per heavy atom. The Morgan fingerprint density at radius 1 is 1.41 bits per heavy atom. The summed E-state index contributed by atoms with van der Waals surface area (Å²) >= 11 is 0. The van der Waals surface area contributed by atoms with E-state index in [-0.39, 0.29) is 11.2 Å². The Labute approximate surface area is 101 Å². The average molecular weight is 236 g/mol. The van der Waals surface area contributed by atoms with Crippen molar-refractivity contribution in [3.05, 3.63) is 11.9 Å². The summed E-state index contributed by atoms with van der Waals surface area (Å²) in [5.41, 5.74) is 6.09. The first-order valence-electron chi connectivity index (χ1n) is 6.29. The van der Waals surface area contributed by atoms with E-state index in [1.807, 2.05) is 0 Å². The fourth-order valence-corrected chi connectivity index (χ4v) is 2.70. The largest absolute Gasteiger partial charge is 0.329 e. The minimum Gasteiger partial charge on any atom is -0.329 e. The van der Waals surface area contributed by atoms with Gasteiger partial charge in [-0.3, -0.25) is 4.79 Å². The topological polar surface area (TPSA) is 73.8 Å². The van der Waals surface area contributed by atoms with Crippen LogP contribution in [0.3, 0.4) is 0 Å². The molecule has 1 fully saturated rings. The molecule has 0 saturated heterocycles. The van der Waals surface area contributed by atoms with E-state index in [0.717, 1.165) is 25.7 Å². The first kappa shape index (κ1) is 12.2. The molecule has 17 heavy (non-hydrogen) atoms. The molecule has 1 saturated carbocycles. The van der Waals surface area contributed by atoms with Gasteiger partial charge in [-0.1, -0.05) is 30.9 Å². The number of rotatable bonds is 3. The van der Waals surface area contributed by atoms with Crippen LogP contribution in [0.5, 0.6) is 0 Å². The van der Waals surface area contributed by atoms with Crippen LogP contribution >= 0.6 is 0 Å². The second-order valence-electron chi connectivity index (χ2n) is 4.97. The van der Waals surface area contributed by atoms with Crippen molar-refractivity contribution in [2.75, 3.05) is 6.54 Å². The smallest absolute Gasteiger partial charge is 0.189 e. The van der Waals surface area contributed by atoms with Crippen molar-refractivity contribution in [3.8, 4) is 0 Å². The lowest BCUT2D eigenvalue weighted by atomic mass is 9.75. The second-order valence-corrected chi connectivity index (χ2v) is 4.97. The highest BCUT2D eigenvalue weighted by Gasteiger charge is 2.39. The van der Waals surface area contributed by atoms with Gasteiger partial charge in [-0.25, -0.2) is 4.68 Å². The molecule has 2 N–H and O–H groups in total. The minimum atomic E-state index is -0.383. The van der Waals surface area contributed by atoms with Crippen molar-refractivity contribution in [2.45, 2.75) is 38.5 Å². The zero-order valence-corrected chi connectivity index (χ0v) is 10.4. The fourth-order valence-electron chi connectivity index (χ4n) is 2.70. The summed E-state index contributed by atoms with van der Waals surface area (Å²) < 4.78 is 1.55. The van der Waals surface area contributed by atoms with Crippen molar-refractivity contribution >= 4 is 5.78 Å². The molecule has 5 heteroatoms. The Balaban J connectivity index is 2.28. The van der Waals surface area contributed by atoms with Crippen LogP contribution in [-0.4, -0.2) is 27.3 Å². The van der Waals surface area contributed by atoms with Gasteiger partial charge in [0.05, 0.1) is 6.20 Å². The Morgan fingerprint density at radius 2 is 2.06 bits per heavy atom. The van der Waals surface area contributed by atoms with Gasteiger partial charge in [0.1, 0.15) is 5.69 Å². The van der Waals surface area contributed by atoms with Crippen molar-refractivity contribution in [3.63, 3.8) is 0 Å². The number of ketones is 1. The molecule has 0 atom stereocenters. The SMILES string of the molecule is Cn1nncc1C(=O)C1(CN)CCCCCC1. The summed E-state index contributed by atoms with van der Waals surface area (Å²) in [6.07, 6.45) is 7.94. The third-order valence-electron chi connectivity index (χ3n) is 3.88. The molecule has 1 aromatic rings. The monoisotopic (exact) mass is 236 g/mol. The van der Waals surface area contributed by atoms with E-state index in [1.165, 1.54) is 12.8 Å². The normalized spacial score (nSPS) is 19.9. The minimum absolute atomic E-state index is 0.120. The number of hydrogen-bond donors (Lipinski definition) is 1. The van der Waals surface area contributed by atoms with E-state index in [1.54, 1.807) is 17.9 Å². The van der Waals surface area contributed by atoms with Gasteiger partial charge in [-0.15, -0.1) is 5.10 Å². The lowest BCUT2D eigenvalue weighted by Crippen LogP contribution is -2.39. The average Bonchev–Trinajstić information content (AvgIpc) is 2.64. The molecule has 0 aliphatic heterocycles. The van der Waals surface area contributed by atoms with Crippen LogP contribution in [0.1, 0.15) is 49.0 Å². The zero-order valence-electron chi connectivity index (χ0n) is 10.4. The molecule has 1 aliphatic rings. The molecular formula is C12H20N4O. The van der Waals surface area contributed by atoms with Gasteiger partial charge in [-0.2, -0.15) is 0 Å². The van der Waals surface area contributed by atoms with E-state index < -0.39 is 0 Å². The predicted molar refractivity (Wildman–Crippen MR) is 64.5 cm³/mol. The number of nitrogens with two attached hydrogens (primary N) is 1. The zero-order chi connectivity index (χ0) is 12.3. The molecule has 1 aromatic heterocycles. The van der Waals surface area contributed by atoms with Crippen LogP contribution in [0.2, 0.25) is 0 Å². The molecule has 0 bridgehead atoms. The quantitative estimate of drug-likeness (QED) is 0.634. The number of Topliss-reactive ketones (excluding diaryl/α,β-unsaturated/α-hetero) is 1. The summed E-state index contributed by atoms with van der Waals surface area (Å²) in [5, 5.41) is 7.60. The van der Waals surface area contributed by atoms with Gasteiger partial charge in [0.2, 0.25) is 0 Å². The maximum absolute atomic E-state index is 12.6. The lowest BCUT2D eigenvalue weighted by molar-refractivity contribution is 0.0763. The summed E-state index contributed by atoms with van der Waals surface area (Å²) in [5.74, 6) is 0.120. The molecule has 2 rings (SSSR count). The lowest BCUT2D eigenvalue weighted by Gasteiger charge is -2.29. The molecule has 0 aromatic carbocycles. The maximum Gasteiger partial charge on any atom is 0.189 e. The molecule has 1 aliphatic carbocycles. The first-order valence-corrected chi connectivity index (χ1v) is 6.29. The van der Waals surface area contributed by atoms with E-state index in [4.69, 9.17) is 5.73 Å². The van der Waals surface area contributed by atoms with Gasteiger partial charge in [-0.05, 0) is 12.8 Å². The van der Waals surface area contributed by atoms with E-state index in [9.17, 15) is 4.79 Å². The fraction of sp³-hybridized carbons (Fsp3) is 0.750. The molecule has 1 heterocycles. The maximum atomic E-state index is 12.6. The number of hydrogen-bond acceptors (Lipinski definition) is 4. The van der Waals surface area contributed by atoms with Crippen molar-refractivity contribution in [1.82, 2.24) is 15.0 Å². The van der Waals surface area contributed by atoms with Crippen LogP contribution in [0.25, 0.3) is 0 Å². The Bertz CT molecular complexity index is 391. The number of carbonyl (C=O) groups is 1. The molecule has 0 unspecified atom stereocenters. The molecular weight excluding hydrogens is 216 g/mol. The number of aromatic nitrogens is 3. The van der Waals surface area contributed by atoms with Gasteiger partial charge < -0.3 is 5.73 Å². The van der Waals surface area contributed by atoms with E-state index in [0.29, 0.717) is 12.2 Å². The number of carbonyl (C=O) groups excluding carboxylic acids is 1. The van der Waals surface area contributed by atoms with Gasteiger partial charge in [0.15, 0.2) is 5.78 Å². The standard InChI is InChI=1S/C12H20N4O/c1-16-10(8-14-15-16)11(17)12(9-13)6-4-2-3-5-7-12/h8H,2-7,9,13H2,1H3. The van der Waals surface area contributed by atoms with Gasteiger partial charge >= 0.3 is 0 Å². The summed E-state index contributed by atoms with van der Waals surface area (Å²) in [7, 11) is 1.75. The van der Waals surface area contributed by atoms with Crippen LogP contribution in [-0.2, 0) is 7.05 Å². The van der Waals surface area contributed by atoms with Crippen molar-refractivity contribution < 1.29 is 4.79 Å². The van der Waals surface area contributed by atoms with Crippen LogP contribution in [0.15, 0.2) is 6.20 Å².